The van der Waals surface area contributed by atoms with Gasteiger partial charge in [-0.3, -0.25) is 0 Å². The predicted octanol–water partition coefficient (Wildman–Crippen LogP) is 3.90. The van der Waals surface area contributed by atoms with Crippen molar-refractivity contribution >= 4 is 8.80 Å². The van der Waals surface area contributed by atoms with Gasteiger partial charge in [0.05, 0.1) is 7.11 Å². The van der Waals surface area contributed by atoms with Crippen LogP contribution in [0.5, 0.6) is 5.75 Å². The van der Waals surface area contributed by atoms with Crippen molar-refractivity contribution in [2.45, 2.75) is 47.1 Å². The average molecular weight is 327 g/mol. The summed E-state index contributed by atoms with van der Waals surface area (Å²) >= 11 is 0. The molecule has 0 atom stereocenters. The molecule has 0 N–H and O–H groups in total. The number of aryl methyl sites for hydroxylation is 2. The van der Waals surface area contributed by atoms with E-state index in [4.69, 9.17) is 18.0 Å². The van der Waals surface area contributed by atoms with Gasteiger partial charge in [-0.2, -0.15) is 0 Å². The Balaban J connectivity index is 2.97. The summed E-state index contributed by atoms with van der Waals surface area (Å²) < 4.78 is 23.3. The maximum Gasteiger partial charge on any atom is 0.501 e. The van der Waals surface area contributed by atoms with E-state index in [1.165, 1.54) is 16.7 Å². The fourth-order valence-electron chi connectivity index (χ4n) is 2.74. The lowest BCUT2D eigenvalue weighted by Gasteiger charge is -2.29. The van der Waals surface area contributed by atoms with Gasteiger partial charge in [-0.05, 0) is 63.8 Å². The monoisotopic (exact) mass is 326 g/mol. The first-order valence-corrected chi connectivity index (χ1v) is 10.0. The van der Waals surface area contributed by atoms with Gasteiger partial charge >= 0.3 is 8.80 Å². The van der Waals surface area contributed by atoms with Crippen molar-refractivity contribution < 1.29 is 18.0 Å². The molecule has 0 unspecified atom stereocenters. The summed E-state index contributed by atoms with van der Waals surface area (Å²) in [5, 5.41) is 0. The summed E-state index contributed by atoms with van der Waals surface area (Å²) in [4.78, 5) is 0. The lowest BCUT2D eigenvalue weighted by atomic mass is 10.0. The van der Waals surface area contributed by atoms with Crippen LogP contribution in [0.15, 0.2) is 12.1 Å². The van der Waals surface area contributed by atoms with Crippen LogP contribution in [0, 0.1) is 13.8 Å². The molecule has 0 bridgehead atoms. The molecule has 0 aliphatic carbocycles. The Morgan fingerprint density at radius 2 is 1.45 bits per heavy atom. The molecule has 0 fully saturated rings. The van der Waals surface area contributed by atoms with Gasteiger partial charge in [0.1, 0.15) is 5.75 Å². The van der Waals surface area contributed by atoms with Gasteiger partial charge in [0.25, 0.3) is 0 Å². The molecule has 1 aromatic carbocycles. The van der Waals surface area contributed by atoms with Crippen molar-refractivity contribution in [1.82, 2.24) is 0 Å². The van der Waals surface area contributed by atoms with Crippen LogP contribution in [0.3, 0.4) is 0 Å². The Morgan fingerprint density at radius 3 is 1.91 bits per heavy atom. The summed E-state index contributed by atoms with van der Waals surface area (Å²) in [5.74, 6) is 0.935. The summed E-state index contributed by atoms with van der Waals surface area (Å²) in [5.41, 5.74) is 3.66. The molecule has 0 aromatic heterocycles. The van der Waals surface area contributed by atoms with Crippen LogP contribution in [0.1, 0.15) is 37.5 Å². The highest BCUT2D eigenvalue weighted by Crippen LogP contribution is 2.28. The fraction of sp³-hybridized carbons (Fsp3) is 0.647. The molecule has 126 valence electrons. The van der Waals surface area contributed by atoms with Gasteiger partial charge < -0.3 is 18.0 Å². The molecule has 22 heavy (non-hydrogen) atoms. The molecule has 0 aliphatic rings. The van der Waals surface area contributed by atoms with Gasteiger partial charge in [0, 0.05) is 25.9 Å². The number of rotatable bonds is 10. The summed E-state index contributed by atoms with van der Waals surface area (Å²) in [6, 6.07) is 5.03. The summed E-state index contributed by atoms with van der Waals surface area (Å²) in [6.07, 6.45) is 0.835. The van der Waals surface area contributed by atoms with E-state index in [0.29, 0.717) is 19.8 Å². The first-order valence-electron chi connectivity index (χ1n) is 8.07. The topological polar surface area (TPSA) is 36.9 Å². The van der Waals surface area contributed by atoms with E-state index < -0.39 is 8.80 Å². The van der Waals surface area contributed by atoms with E-state index in [2.05, 4.69) is 26.0 Å². The van der Waals surface area contributed by atoms with Crippen LogP contribution in [0.2, 0.25) is 6.04 Å². The average Bonchev–Trinajstić information content (AvgIpc) is 2.46. The molecule has 1 aromatic rings. The summed E-state index contributed by atoms with van der Waals surface area (Å²) in [7, 11) is -0.888. The lowest BCUT2D eigenvalue weighted by molar-refractivity contribution is 0.0714. The largest absolute Gasteiger partial charge is 0.501 e. The SMILES string of the molecule is CCO[Si](CCc1c(C)cc(C)cc1OC)(OCC)OCC. The molecule has 0 heterocycles. The number of hydrogen-bond donors (Lipinski definition) is 0. The molecular weight excluding hydrogens is 296 g/mol. The second-order valence-electron chi connectivity index (χ2n) is 5.24. The van der Waals surface area contributed by atoms with E-state index in [0.717, 1.165) is 18.2 Å². The van der Waals surface area contributed by atoms with Crippen LogP contribution in [-0.4, -0.2) is 35.7 Å². The zero-order chi connectivity index (χ0) is 16.6. The third kappa shape index (κ3) is 5.09. The van der Waals surface area contributed by atoms with Gasteiger partial charge in [-0.25, -0.2) is 0 Å². The normalized spacial score (nSPS) is 11.7. The standard InChI is InChI=1S/C17H30O4Si/c1-7-19-22(20-8-2,21-9-3)11-10-16-15(5)12-14(4)13-17(16)18-6/h12-13H,7-11H2,1-6H3. The maximum absolute atomic E-state index is 5.92. The molecule has 0 spiro atoms. The zero-order valence-corrected chi connectivity index (χ0v) is 15.8. The van der Waals surface area contributed by atoms with Crippen LogP contribution in [-0.2, 0) is 19.7 Å². The Hall–Kier alpha value is -0.883. The minimum atomic E-state index is -2.61. The van der Waals surface area contributed by atoms with Crippen LogP contribution in [0.4, 0.5) is 0 Å². The second-order valence-corrected chi connectivity index (χ2v) is 7.98. The molecule has 0 amide bonds. The minimum absolute atomic E-state index is 0.607. The maximum atomic E-state index is 5.92. The van der Waals surface area contributed by atoms with Gasteiger partial charge in [-0.1, -0.05) is 6.07 Å². The van der Waals surface area contributed by atoms with Gasteiger partial charge in [-0.15, -0.1) is 0 Å². The third-order valence-corrected chi connectivity index (χ3v) is 6.62. The highest BCUT2D eigenvalue weighted by molar-refractivity contribution is 6.60. The molecular formula is C17H30O4Si. The predicted molar refractivity (Wildman–Crippen MR) is 91.6 cm³/mol. The smallest absolute Gasteiger partial charge is 0.496 e. The van der Waals surface area contributed by atoms with Crippen LogP contribution < -0.4 is 4.74 Å². The van der Waals surface area contributed by atoms with Crippen LogP contribution >= 0.6 is 0 Å². The lowest BCUT2D eigenvalue weighted by Crippen LogP contribution is -2.46. The van der Waals surface area contributed by atoms with Crippen molar-refractivity contribution in [3.05, 3.63) is 28.8 Å². The first kappa shape index (κ1) is 19.2. The van der Waals surface area contributed by atoms with E-state index in [-0.39, 0.29) is 0 Å². The fourth-order valence-corrected chi connectivity index (χ4v) is 5.30. The van der Waals surface area contributed by atoms with E-state index in [1.54, 1.807) is 7.11 Å². The Morgan fingerprint density at radius 1 is 0.909 bits per heavy atom. The number of hydrogen-bond acceptors (Lipinski definition) is 4. The molecule has 0 saturated heterocycles. The summed E-state index contributed by atoms with van der Waals surface area (Å²) in [6.45, 7) is 12.0. The van der Waals surface area contributed by atoms with Gasteiger partial charge in [0.2, 0.25) is 0 Å². The van der Waals surface area contributed by atoms with Crippen molar-refractivity contribution in [3.63, 3.8) is 0 Å². The quantitative estimate of drug-likeness (QED) is 0.611. The first-order chi connectivity index (χ1) is 10.5. The highest BCUT2D eigenvalue weighted by Gasteiger charge is 2.40. The molecule has 0 radical (unpaired) electrons. The molecule has 5 heteroatoms. The van der Waals surface area contributed by atoms with E-state index in [1.807, 2.05) is 20.8 Å². The van der Waals surface area contributed by atoms with Crippen LogP contribution in [0.25, 0.3) is 0 Å². The number of benzene rings is 1. The van der Waals surface area contributed by atoms with E-state index >= 15 is 0 Å². The van der Waals surface area contributed by atoms with Crippen molar-refractivity contribution in [1.29, 1.82) is 0 Å². The Kier molecular flexibility index (Phi) is 8.10. The molecule has 4 nitrogen and oxygen atoms in total. The number of ether oxygens (including phenoxy) is 1. The molecule has 0 aliphatic heterocycles. The second kappa shape index (κ2) is 9.30. The minimum Gasteiger partial charge on any atom is -0.496 e. The molecule has 0 saturated carbocycles. The zero-order valence-electron chi connectivity index (χ0n) is 14.8. The highest BCUT2D eigenvalue weighted by atomic mass is 28.4. The Labute approximate surface area is 136 Å². The van der Waals surface area contributed by atoms with Crippen molar-refractivity contribution in [2.75, 3.05) is 26.9 Å². The van der Waals surface area contributed by atoms with Crippen molar-refractivity contribution in [3.8, 4) is 5.75 Å². The van der Waals surface area contributed by atoms with Crippen molar-refractivity contribution in [2.24, 2.45) is 0 Å². The van der Waals surface area contributed by atoms with E-state index in [9.17, 15) is 0 Å². The Bertz CT molecular complexity index is 445. The van der Waals surface area contributed by atoms with Gasteiger partial charge in [0.15, 0.2) is 0 Å². The third-order valence-electron chi connectivity index (χ3n) is 3.57. The number of methoxy groups -OCH3 is 1. The molecule has 1 rings (SSSR count).